The number of hydrogen-bond acceptors (Lipinski definition) is 4. The van der Waals surface area contributed by atoms with Crippen molar-refractivity contribution in [3.63, 3.8) is 0 Å². The van der Waals surface area contributed by atoms with Gasteiger partial charge >= 0.3 is 6.18 Å². The predicted molar refractivity (Wildman–Crippen MR) is 112 cm³/mol. The van der Waals surface area contributed by atoms with E-state index in [9.17, 15) is 27.6 Å². The van der Waals surface area contributed by atoms with E-state index in [1.54, 1.807) is 18.2 Å². The van der Waals surface area contributed by atoms with E-state index in [2.05, 4.69) is 21.2 Å². The van der Waals surface area contributed by atoms with Crippen LogP contribution in [0.2, 0.25) is 0 Å². The standard InChI is InChI=1S/C21H19BrF3N3O4/c22-13-4-5-16-15(9-13)20(31)28-7-6-27(10-17(28)19(30)26-16)18(29)11-32-14-3-1-2-12(8-14)21(23,24)25/h3-5,8-9,17H,1-2,6-7,10-11H2,(H,26,30). The van der Waals surface area contributed by atoms with E-state index in [4.69, 9.17) is 4.74 Å². The number of alkyl halides is 3. The van der Waals surface area contributed by atoms with Crippen LogP contribution in [0, 0.1) is 0 Å². The Kier molecular flexibility index (Phi) is 6.02. The van der Waals surface area contributed by atoms with E-state index in [1.165, 1.54) is 15.9 Å². The van der Waals surface area contributed by atoms with Crippen LogP contribution in [-0.2, 0) is 14.3 Å². The quantitative estimate of drug-likeness (QED) is 0.672. The first-order valence-electron chi connectivity index (χ1n) is 9.93. The van der Waals surface area contributed by atoms with Crippen molar-refractivity contribution in [2.24, 2.45) is 0 Å². The summed E-state index contributed by atoms with van der Waals surface area (Å²) in [6.07, 6.45) is -1.98. The van der Waals surface area contributed by atoms with Gasteiger partial charge in [0.05, 0.1) is 17.8 Å². The van der Waals surface area contributed by atoms with Crippen molar-refractivity contribution in [1.82, 2.24) is 9.80 Å². The van der Waals surface area contributed by atoms with Crippen molar-refractivity contribution in [1.29, 1.82) is 0 Å². The third-order valence-electron chi connectivity index (χ3n) is 5.57. The monoisotopic (exact) mass is 513 g/mol. The maximum Gasteiger partial charge on any atom is 0.412 e. The van der Waals surface area contributed by atoms with Gasteiger partial charge in [-0.15, -0.1) is 0 Å². The zero-order valence-corrected chi connectivity index (χ0v) is 18.3. The molecule has 2 heterocycles. The maximum absolute atomic E-state index is 13.0. The highest BCUT2D eigenvalue weighted by atomic mass is 79.9. The lowest BCUT2D eigenvalue weighted by molar-refractivity contribution is -0.138. The Bertz CT molecular complexity index is 1040. The average Bonchev–Trinajstić information content (AvgIpc) is 2.86. The fourth-order valence-corrected chi connectivity index (χ4v) is 4.24. The summed E-state index contributed by atoms with van der Waals surface area (Å²) in [5.74, 6) is -1.20. The number of halogens is 4. The van der Waals surface area contributed by atoms with Gasteiger partial charge in [-0.3, -0.25) is 14.4 Å². The van der Waals surface area contributed by atoms with Crippen molar-refractivity contribution >= 4 is 39.3 Å². The number of amides is 3. The summed E-state index contributed by atoms with van der Waals surface area (Å²) in [4.78, 5) is 41.1. The van der Waals surface area contributed by atoms with Gasteiger partial charge in [-0.1, -0.05) is 15.9 Å². The number of anilines is 1. The summed E-state index contributed by atoms with van der Waals surface area (Å²) >= 11 is 3.32. The molecule has 1 fully saturated rings. The maximum atomic E-state index is 13.0. The Hall–Kier alpha value is -2.82. The summed E-state index contributed by atoms with van der Waals surface area (Å²) in [5.41, 5.74) is 0.0565. The highest BCUT2D eigenvalue weighted by Gasteiger charge is 2.40. The van der Waals surface area contributed by atoms with Crippen LogP contribution in [0.15, 0.2) is 46.2 Å². The number of benzene rings is 1. The molecule has 1 unspecified atom stereocenters. The lowest BCUT2D eigenvalue weighted by Gasteiger charge is -2.39. The fourth-order valence-electron chi connectivity index (χ4n) is 3.88. The Morgan fingerprint density at radius 1 is 1.25 bits per heavy atom. The molecular weight excluding hydrogens is 495 g/mol. The molecule has 1 N–H and O–H groups in total. The molecule has 0 radical (unpaired) electrons. The van der Waals surface area contributed by atoms with Crippen LogP contribution >= 0.6 is 15.9 Å². The van der Waals surface area contributed by atoms with Crippen LogP contribution < -0.4 is 5.32 Å². The van der Waals surface area contributed by atoms with Gasteiger partial charge < -0.3 is 19.9 Å². The molecule has 11 heteroatoms. The van der Waals surface area contributed by atoms with Gasteiger partial charge in [0.15, 0.2) is 6.61 Å². The Morgan fingerprint density at radius 3 is 2.78 bits per heavy atom. The molecule has 1 aromatic rings. The molecule has 32 heavy (non-hydrogen) atoms. The lowest BCUT2D eigenvalue weighted by Crippen LogP contribution is -2.60. The summed E-state index contributed by atoms with van der Waals surface area (Å²) in [6.45, 7) is -0.153. The first-order chi connectivity index (χ1) is 15.1. The molecule has 7 nitrogen and oxygen atoms in total. The molecule has 4 rings (SSSR count). The molecule has 0 spiro atoms. The number of hydrogen-bond donors (Lipinski definition) is 1. The minimum absolute atomic E-state index is 0.000949. The van der Waals surface area contributed by atoms with Crippen molar-refractivity contribution in [3.8, 4) is 0 Å². The zero-order chi connectivity index (χ0) is 23.0. The van der Waals surface area contributed by atoms with E-state index in [1.807, 2.05) is 0 Å². The Morgan fingerprint density at radius 2 is 2.03 bits per heavy atom. The molecule has 1 atom stereocenters. The van der Waals surface area contributed by atoms with Gasteiger partial charge in [0, 0.05) is 23.1 Å². The number of carbonyl (C=O) groups is 3. The fraction of sp³-hybridized carbons (Fsp3) is 0.381. The largest absolute Gasteiger partial charge is 0.484 e. The molecule has 0 aromatic heterocycles. The summed E-state index contributed by atoms with van der Waals surface area (Å²) < 4.78 is 44.7. The van der Waals surface area contributed by atoms with Crippen LogP contribution in [0.3, 0.4) is 0 Å². The Labute approximate surface area is 190 Å². The predicted octanol–water partition coefficient (Wildman–Crippen LogP) is 3.24. The topological polar surface area (TPSA) is 79.0 Å². The number of ether oxygens (including phenoxy) is 1. The second-order valence-electron chi connectivity index (χ2n) is 7.63. The van der Waals surface area contributed by atoms with E-state index in [0.29, 0.717) is 15.7 Å². The van der Waals surface area contributed by atoms with Gasteiger partial charge in [-0.25, -0.2) is 0 Å². The third-order valence-corrected chi connectivity index (χ3v) is 6.06. The van der Waals surface area contributed by atoms with E-state index in [0.717, 1.165) is 6.08 Å². The first kappa shape index (κ1) is 22.4. The van der Waals surface area contributed by atoms with Crippen LogP contribution in [0.25, 0.3) is 0 Å². The second-order valence-corrected chi connectivity index (χ2v) is 8.55. The number of carbonyl (C=O) groups excluding carboxylic acids is 3. The SMILES string of the molecule is O=C1Nc2ccc(Br)cc2C(=O)N2CCN(C(=O)COC3=CCCC(C(F)(F)F)=C3)CC12. The van der Waals surface area contributed by atoms with Gasteiger partial charge in [0.2, 0.25) is 5.91 Å². The third kappa shape index (κ3) is 4.52. The molecule has 3 aliphatic rings. The van der Waals surface area contributed by atoms with Gasteiger partial charge in [-0.2, -0.15) is 13.2 Å². The van der Waals surface area contributed by atoms with Gasteiger partial charge in [0.1, 0.15) is 11.8 Å². The summed E-state index contributed by atoms with van der Waals surface area (Å²) in [6, 6.07) is 4.09. The molecular formula is C21H19BrF3N3O4. The highest BCUT2D eigenvalue weighted by molar-refractivity contribution is 9.10. The molecule has 1 aromatic carbocycles. The minimum Gasteiger partial charge on any atom is -0.484 e. The van der Waals surface area contributed by atoms with E-state index < -0.39 is 36.2 Å². The van der Waals surface area contributed by atoms with Crippen LogP contribution in [-0.4, -0.2) is 66.0 Å². The van der Waals surface area contributed by atoms with Crippen LogP contribution in [0.4, 0.5) is 18.9 Å². The number of nitrogens with zero attached hydrogens (tertiary/aromatic N) is 2. The first-order valence-corrected chi connectivity index (χ1v) is 10.7. The molecule has 170 valence electrons. The minimum atomic E-state index is -4.43. The number of fused-ring (bicyclic) bond motifs is 2. The molecule has 3 amide bonds. The second kappa shape index (κ2) is 8.61. The van der Waals surface area contributed by atoms with Crippen molar-refractivity contribution in [2.45, 2.75) is 25.1 Å². The van der Waals surface area contributed by atoms with Crippen molar-refractivity contribution in [3.05, 3.63) is 51.7 Å². The lowest BCUT2D eigenvalue weighted by atomic mass is 10.0. The van der Waals surface area contributed by atoms with E-state index in [-0.39, 0.29) is 44.1 Å². The molecule has 2 aliphatic heterocycles. The number of piperazine rings is 1. The van der Waals surface area contributed by atoms with Crippen molar-refractivity contribution < 1.29 is 32.3 Å². The van der Waals surface area contributed by atoms with Crippen LogP contribution in [0.5, 0.6) is 0 Å². The van der Waals surface area contributed by atoms with Crippen LogP contribution in [0.1, 0.15) is 23.2 Å². The molecule has 0 bridgehead atoms. The average molecular weight is 514 g/mol. The molecule has 0 saturated carbocycles. The zero-order valence-electron chi connectivity index (χ0n) is 16.7. The smallest absolute Gasteiger partial charge is 0.412 e. The number of rotatable bonds is 3. The number of nitrogens with one attached hydrogen (secondary N) is 1. The number of allylic oxidation sites excluding steroid dienone is 3. The van der Waals surface area contributed by atoms with Gasteiger partial charge in [-0.05, 0) is 43.2 Å². The summed E-state index contributed by atoms with van der Waals surface area (Å²) in [7, 11) is 0. The normalized spacial score (nSPS) is 21.1. The highest BCUT2D eigenvalue weighted by Crippen LogP contribution is 2.33. The van der Waals surface area contributed by atoms with Crippen molar-refractivity contribution in [2.75, 3.05) is 31.6 Å². The van der Waals surface area contributed by atoms with Gasteiger partial charge in [0.25, 0.3) is 11.8 Å². The molecule has 1 saturated heterocycles. The van der Waals surface area contributed by atoms with E-state index >= 15 is 0 Å². The molecule has 1 aliphatic carbocycles. The summed E-state index contributed by atoms with van der Waals surface area (Å²) in [5, 5.41) is 2.73. The Balaban J connectivity index is 1.41.